The van der Waals surface area contributed by atoms with E-state index in [1.54, 1.807) is 14.1 Å². The Hall–Kier alpha value is -0.560. The van der Waals surface area contributed by atoms with Gasteiger partial charge in [-0.05, 0) is 18.9 Å². The van der Waals surface area contributed by atoms with Crippen molar-refractivity contribution < 1.29 is 9.97 Å². The maximum absolute atomic E-state index is 9.36. The van der Waals surface area contributed by atoms with Crippen LogP contribution in [0.5, 0.6) is 0 Å². The van der Waals surface area contributed by atoms with Gasteiger partial charge < -0.3 is 15.5 Å². The van der Waals surface area contributed by atoms with Gasteiger partial charge in [0.2, 0.25) is 0 Å². The molecule has 6 nitrogen and oxygen atoms in total. The summed E-state index contributed by atoms with van der Waals surface area (Å²) in [5.41, 5.74) is 0. The van der Waals surface area contributed by atoms with Gasteiger partial charge in [0.15, 0.2) is 14.1 Å². The number of nitrogens with zero attached hydrogens (tertiary/aromatic N) is 3. The second-order valence-corrected chi connectivity index (χ2v) is 2.47. The molecule has 6 heteroatoms. The van der Waals surface area contributed by atoms with Gasteiger partial charge in [-0.3, -0.25) is 0 Å². The third-order valence-corrected chi connectivity index (χ3v) is 0. The average Bonchev–Trinajstić information content (AvgIpc) is 1.54. The largest absolute Gasteiger partial charge is 0.785 e. The molecule has 0 aromatic rings. The Morgan fingerprint density at radius 3 is 1.17 bits per heavy atom. The first kappa shape index (κ1) is 17.5. The van der Waals surface area contributed by atoms with E-state index in [9.17, 15) is 10.1 Å². The summed E-state index contributed by atoms with van der Waals surface area (Å²) in [5.74, 6) is 0. The smallest absolute Gasteiger partial charge is 0.182 e. The molecule has 0 spiro atoms. The molecule has 0 bridgehead atoms. The van der Waals surface area contributed by atoms with Crippen LogP contribution in [0.2, 0.25) is 0 Å². The molecule has 0 heterocycles. The highest BCUT2D eigenvalue weighted by atomic mass is 16.5. The highest BCUT2D eigenvalue weighted by Crippen LogP contribution is 1.52. The Morgan fingerprint density at radius 2 is 1.17 bits per heavy atom. The van der Waals surface area contributed by atoms with Crippen molar-refractivity contribution in [3.8, 4) is 0 Å². The van der Waals surface area contributed by atoms with Gasteiger partial charge in [-0.1, -0.05) is 0 Å². The van der Waals surface area contributed by atoms with Gasteiger partial charge in [-0.2, -0.15) is 5.06 Å². The molecule has 0 aliphatic rings. The number of hydrogen-bond acceptors (Lipinski definition) is 5. The average molecular weight is 181 g/mol. The van der Waals surface area contributed by atoms with Crippen LogP contribution in [0, 0.1) is 10.1 Å². The number of hydroxylamine groups is 4. The molecule has 0 aromatic heterocycles. The number of hydrogen-bond donors (Lipinski definition) is 1. The zero-order valence-corrected chi connectivity index (χ0v) is 8.61. The molecule has 0 atom stereocenters. The second-order valence-electron chi connectivity index (χ2n) is 2.47. The molecular formula is C6H19N3O3. The summed E-state index contributed by atoms with van der Waals surface area (Å²) in [5, 5.41) is 19.0. The molecule has 0 aromatic carbocycles. The Balaban J connectivity index is -0.000000101. The lowest BCUT2D eigenvalue weighted by Crippen LogP contribution is -2.01. The van der Waals surface area contributed by atoms with Gasteiger partial charge in [0.1, 0.15) is 0 Å². The fourth-order valence-electron chi connectivity index (χ4n) is 0. The predicted octanol–water partition coefficient (Wildman–Crippen LogP) is 0.00790. The molecule has 0 saturated carbocycles. The molecule has 0 unspecified atom stereocenters. The van der Waals surface area contributed by atoms with Crippen molar-refractivity contribution >= 4 is 0 Å². The van der Waals surface area contributed by atoms with E-state index >= 15 is 0 Å². The molecule has 0 radical (unpaired) electrons. The molecule has 0 fully saturated rings. The SMILES string of the molecule is CN(C)O.CN(C)[O-].C[N+](C)=O. The van der Waals surface area contributed by atoms with Crippen LogP contribution >= 0.6 is 0 Å². The summed E-state index contributed by atoms with van der Waals surface area (Å²) in [6, 6.07) is 0. The van der Waals surface area contributed by atoms with Crippen molar-refractivity contribution in [2.75, 3.05) is 42.3 Å². The van der Waals surface area contributed by atoms with Crippen LogP contribution in [0.1, 0.15) is 0 Å². The molecular weight excluding hydrogens is 162 g/mol. The minimum Gasteiger partial charge on any atom is -0.785 e. The van der Waals surface area contributed by atoms with E-state index < -0.39 is 0 Å². The first-order valence-electron chi connectivity index (χ1n) is 3.25. The van der Waals surface area contributed by atoms with Crippen LogP contribution in [0.15, 0.2) is 0 Å². The summed E-state index contributed by atoms with van der Waals surface area (Å²) in [7, 11) is 8.89. The van der Waals surface area contributed by atoms with Crippen LogP contribution < -0.4 is 0 Å². The lowest BCUT2D eigenvalue weighted by molar-refractivity contribution is -0.486. The summed E-state index contributed by atoms with van der Waals surface area (Å²) < 4.78 is 0.750. The normalized spacial score (nSPS) is 8.17. The zero-order valence-electron chi connectivity index (χ0n) is 8.61. The Labute approximate surface area is 73.5 Å². The second kappa shape index (κ2) is 13.1. The Morgan fingerprint density at radius 1 is 1.17 bits per heavy atom. The van der Waals surface area contributed by atoms with Crippen molar-refractivity contribution in [3.05, 3.63) is 10.1 Å². The maximum atomic E-state index is 9.36. The van der Waals surface area contributed by atoms with Crippen LogP contribution in [-0.4, -0.2) is 62.4 Å². The standard InChI is InChI=1S/C2H7NO.2C2H6NO/c3*1-3(2)4/h4H,1-2H3;2*1-2H3/q;-1;+1. The summed E-state index contributed by atoms with van der Waals surface area (Å²) in [6.07, 6.45) is 0. The predicted molar refractivity (Wildman–Crippen MR) is 48.0 cm³/mol. The van der Waals surface area contributed by atoms with Gasteiger partial charge in [-0.15, -0.1) is 0 Å². The zero-order chi connectivity index (χ0) is 10.7. The quantitative estimate of drug-likeness (QED) is 0.421. The molecule has 0 aliphatic heterocycles. The van der Waals surface area contributed by atoms with Crippen molar-refractivity contribution in [2.45, 2.75) is 0 Å². The molecule has 0 aliphatic carbocycles. The first-order chi connectivity index (χ1) is 5.20. The Kier molecular flexibility index (Phi) is 19.1. The fourth-order valence-corrected chi connectivity index (χ4v) is 0. The van der Waals surface area contributed by atoms with E-state index in [4.69, 9.17) is 5.21 Å². The number of nitroso groups, excluding NO2 is 1. The highest BCUT2D eigenvalue weighted by molar-refractivity contribution is 4.27. The molecule has 0 rings (SSSR count). The van der Waals surface area contributed by atoms with Crippen molar-refractivity contribution in [3.63, 3.8) is 0 Å². The first-order valence-corrected chi connectivity index (χ1v) is 3.25. The molecule has 0 amide bonds. The van der Waals surface area contributed by atoms with Gasteiger partial charge in [0.05, 0.1) is 0 Å². The van der Waals surface area contributed by atoms with Gasteiger partial charge in [0, 0.05) is 19.0 Å². The van der Waals surface area contributed by atoms with E-state index in [-0.39, 0.29) is 0 Å². The van der Waals surface area contributed by atoms with Crippen LogP contribution in [0.3, 0.4) is 0 Å². The summed E-state index contributed by atoms with van der Waals surface area (Å²) in [4.78, 5) is 9.36. The van der Waals surface area contributed by atoms with Crippen LogP contribution in [0.25, 0.3) is 0 Å². The van der Waals surface area contributed by atoms with E-state index in [0.717, 1.165) is 14.9 Å². The minimum absolute atomic E-state index is 0.750. The van der Waals surface area contributed by atoms with E-state index in [1.165, 1.54) is 28.2 Å². The molecule has 0 saturated heterocycles. The fraction of sp³-hybridized carbons (Fsp3) is 1.00. The van der Waals surface area contributed by atoms with E-state index in [1.807, 2.05) is 0 Å². The summed E-state index contributed by atoms with van der Waals surface area (Å²) >= 11 is 0. The van der Waals surface area contributed by atoms with Crippen LogP contribution in [0.4, 0.5) is 0 Å². The van der Waals surface area contributed by atoms with E-state index in [2.05, 4.69) is 0 Å². The topological polar surface area (TPSA) is 69.8 Å². The van der Waals surface area contributed by atoms with Crippen LogP contribution in [-0.2, 0) is 0 Å². The monoisotopic (exact) mass is 181 g/mol. The van der Waals surface area contributed by atoms with Crippen molar-refractivity contribution in [1.29, 1.82) is 0 Å². The minimum atomic E-state index is 0.750. The molecule has 1 N–H and O–H groups in total. The van der Waals surface area contributed by atoms with Gasteiger partial charge in [-0.25, -0.2) is 0 Å². The Bertz CT molecular complexity index is 80.5. The summed E-state index contributed by atoms with van der Waals surface area (Å²) in [6.45, 7) is 0. The van der Waals surface area contributed by atoms with Gasteiger partial charge >= 0.3 is 0 Å². The number of rotatable bonds is 0. The third kappa shape index (κ3) is 2140. The van der Waals surface area contributed by atoms with Crippen molar-refractivity contribution in [1.82, 2.24) is 10.1 Å². The van der Waals surface area contributed by atoms with Gasteiger partial charge in [0.25, 0.3) is 0 Å². The van der Waals surface area contributed by atoms with E-state index in [0.29, 0.717) is 0 Å². The lowest BCUT2D eigenvalue weighted by atomic mass is 11.2. The third-order valence-electron chi connectivity index (χ3n) is 0. The highest BCUT2D eigenvalue weighted by Gasteiger charge is 1.66. The molecule has 12 heavy (non-hydrogen) atoms. The maximum Gasteiger partial charge on any atom is 0.182 e. The van der Waals surface area contributed by atoms with Crippen molar-refractivity contribution in [2.24, 2.45) is 0 Å². The lowest BCUT2D eigenvalue weighted by Gasteiger charge is -2.11. The molecule has 76 valence electrons.